The Morgan fingerprint density at radius 3 is 2.44 bits per heavy atom. The van der Waals surface area contributed by atoms with E-state index in [1.165, 1.54) is 0 Å². The van der Waals surface area contributed by atoms with E-state index in [4.69, 9.17) is 23.2 Å². The third kappa shape index (κ3) is 1.74. The van der Waals surface area contributed by atoms with Crippen molar-refractivity contribution in [1.82, 2.24) is 19.5 Å². The first-order chi connectivity index (χ1) is 8.66. The number of para-hydroxylation sites is 1. The van der Waals surface area contributed by atoms with Crippen molar-refractivity contribution >= 4 is 34.4 Å². The van der Waals surface area contributed by atoms with Gasteiger partial charge in [0.2, 0.25) is 5.28 Å². The van der Waals surface area contributed by atoms with E-state index in [-0.39, 0.29) is 10.4 Å². The van der Waals surface area contributed by atoms with E-state index < -0.39 is 0 Å². The summed E-state index contributed by atoms with van der Waals surface area (Å²) in [6, 6.07) is 9.79. The number of benzene rings is 1. The number of hydrogen-bond acceptors (Lipinski definition) is 3. The molecular weight excluding hydrogens is 271 g/mol. The van der Waals surface area contributed by atoms with E-state index in [0.29, 0.717) is 11.2 Å². The van der Waals surface area contributed by atoms with Gasteiger partial charge in [-0.05, 0) is 30.7 Å². The molecule has 0 N–H and O–H groups in total. The van der Waals surface area contributed by atoms with Crippen LogP contribution in [-0.4, -0.2) is 19.5 Å². The predicted molar refractivity (Wildman–Crippen MR) is 71.4 cm³/mol. The smallest absolute Gasteiger partial charge is 0.225 e. The number of imidazole rings is 1. The van der Waals surface area contributed by atoms with E-state index in [9.17, 15) is 0 Å². The van der Waals surface area contributed by atoms with Crippen LogP contribution in [0.4, 0.5) is 0 Å². The highest BCUT2D eigenvalue weighted by molar-refractivity contribution is 6.35. The number of aryl methyl sites for hydroxylation is 1. The zero-order valence-corrected chi connectivity index (χ0v) is 10.9. The molecular formula is C12H8Cl2N4. The van der Waals surface area contributed by atoms with Crippen molar-refractivity contribution in [2.24, 2.45) is 0 Å². The van der Waals surface area contributed by atoms with Gasteiger partial charge in [-0.15, -0.1) is 0 Å². The van der Waals surface area contributed by atoms with Crippen molar-refractivity contribution in [2.75, 3.05) is 0 Å². The molecule has 18 heavy (non-hydrogen) atoms. The maximum atomic E-state index is 6.02. The Labute approximate surface area is 113 Å². The van der Waals surface area contributed by atoms with E-state index in [1.807, 2.05) is 41.8 Å². The lowest BCUT2D eigenvalue weighted by Gasteiger charge is -2.05. The molecule has 90 valence electrons. The van der Waals surface area contributed by atoms with Crippen LogP contribution >= 0.6 is 23.2 Å². The fourth-order valence-electron chi connectivity index (χ4n) is 1.89. The Balaban J connectivity index is 2.39. The first-order valence-corrected chi connectivity index (χ1v) is 6.06. The molecule has 3 rings (SSSR count). The second-order valence-corrected chi connectivity index (χ2v) is 4.48. The van der Waals surface area contributed by atoms with E-state index in [2.05, 4.69) is 15.0 Å². The van der Waals surface area contributed by atoms with Crippen LogP contribution in [-0.2, 0) is 0 Å². The molecule has 0 amide bonds. The standard InChI is InChI=1S/C12H8Cl2N4/c1-7-15-9-10(13)16-12(14)17-11(9)18(7)8-5-3-2-4-6-8/h2-6H,1H3. The zero-order valence-electron chi connectivity index (χ0n) is 9.43. The first-order valence-electron chi connectivity index (χ1n) is 5.30. The Hall–Kier alpha value is -1.65. The minimum absolute atomic E-state index is 0.115. The molecule has 2 heterocycles. The van der Waals surface area contributed by atoms with Gasteiger partial charge in [-0.3, -0.25) is 4.57 Å². The fraction of sp³-hybridized carbons (Fsp3) is 0.0833. The zero-order chi connectivity index (χ0) is 12.7. The molecule has 0 spiro atoms. The van der Waals surface area contributed by atoms with Crippen LogP contribution in [0.25, 0.3) is 16.9 Å². The van der Waals surface area contributed by atoms with Crippen molar-refractivity contribution in [3.63, 3.8) is 0 Å². The topological polar surface area (TPSA) is 43.6 Å². The summed E-state index contributed by atoms with van der Waals surface area (Å²) in [4.78, 5) is 12.5. The summed E-state index contributed by atoms with van der Waals surface area (Å²) in [6.45, 7) is 1.89. The van der Waals surface area contributed by atoms with Crippen LogP contribution in [0.3, 0.4) is 0 Å². The van der Waals surface area contributed by atoms with Gasteiger partial charge in [0, 0.05) is 5.69 Å². The molecule has 0 aliphatic heterocycles. The van der Waals surface area contributed by atoms with Gasteiger partial charge in [-0.2, -0.15) is 4.98 Å². The highest BCUT2D eigenvalue weighted by atomic mass is 35.5. The second kappa shape index (κ2) is 4.23. The van der Waals surface area contributed by atoms with Crippen molar-refractivity contribution in [3.8, 4) is 5.69 Å². The molecule has 2 aromatic heterocycles. The van der Waals surface area contributed by atoms with Gasteiger partial charge in [0.1, 0.15) is 11.3 Å². The Kier molecular flexibility index (Phi) is 2.69. The minimum atomic E-state index is 0.115. The Morgan fingerprint density at radius 1 is 1.00 bits per heavy atom. The van der Waals surface area contributed by atoms with Gasteiger partial charge in [0.15, 0.2) is 10.8 Å². The maximum Gasteiger partial charge on any atom is 0.225 e. The molecule has 0 atom stereocenters. The SMILES string of the molecule is Cc1nc2c(Cl)nc(Cl)nc2n1-c1ccccc1. The molecule has 1 aromatic carbocycles. The molecule has 0 aliphatic rings. The largest absolute Gasteiger partial charge is 0.281 e. The molecule has 0 fully saturated rings. The minimum Gasteiger partial charge on any atom is -0.281 e. The maximum absolute atomic E-state index is 6.02. The van der Waals surface area contributed by atoms with Gasteiger partial charge in [-0.1, -0.05) is 29.8 Å². The Morgan fingerprint density at radius 2 is 1.72 bits per heavy atom. The van der Waals surface area contributed by atoms with Crippen molar-refractivity contribution < 1.29 is 0 Å². The van der Waals surface area contributed by atoms with Gasteiger partial charge >= 0.3 is 0 Å². The number of nitrogens with zero attached hydrogens (tertiary/aromatic N) is 4. The van der Waals surface area contributed by atoms with E-state index >= 15 is 0 Å². The summed E-state index contributed by atoms with van der Waals surface area (Å²) in [5.74, 6) is 0.787. The number of halogens is 2. The second-order valence-electron chi connectivity index (χ2n) is 3.79. The molecule has 0 saturated carbocycles. The van der Waals surface area contributed by atoms with Gasteiger partial charge < -0.3 is 0 Å². The van der Waals surface area contributed by atoms with Crippen LogP contribution in [0.5, 0.6) is 0 Å². The summed E-state index contributed by atoms with van der Waals surface area (Å²) < 4.78 is 1.90. The summed E-state index contributed by atoms with van der Waals surface area (Å²) in [5, 5.41) is 0.382. The molecule has 0 radical (unpaired) electrons. The molecule has 0 unspecified atom stereocenters. The van der Waals surface area contributed by atoms with Crippen molar-refractivity contribution in [1.29, 1.82) is 0 Å². The summed E-state index contributed by atoms with van der Waals surface area (Å²) in [5.41, 5.74) is 2.13. The first kappa shape index (κ1) is 11.4. The highest BCUT2D eigenvalue weighted by Gasteiger charge is 2.15. The summed E-state index contributed by atoms with van der Waals surface area (Å²) in [6.07, 6.45) is 0. The lowest BCUT2D eigenvalue weighted by Crippen LogP contribution is -1.98. The van der Waals surface area contributed by atoms with E-state index in [1.54, 1.807) is 0 Å². The quantitative estimate of drug-likeness (QED) is 0.506. The molecule has 0 saturated heterocycles. The molecule has 0 bridgehead atoms. The van der Waals surface area contributed by atoms with Crippen LogP contribution in [0.2, 0.25) is 10.4 Å². The number of hydrogen-bond donors (Lipinski definition) is 0. The average Bonchev–Trinajstić information content (AvgIpc) is 2.67. The predicted octanol–water partition coefficient (Wildman–Crippen LogP) is 3.43. The molecule has 3 aromatic rings. The normalized spacial score (nSPS) is 11.1. The highest BCUT2D eigenvalue weighted by Crippen LogP contribution is 2.25. The van der Waals surface area contributed by atoms with E-state index in [0.717, 1.165) is 11.5 Å². The molecule has 0 aliphatic carbocycles. The molecule has 6 heteroatoms. The summed E-state index contributed by atoms with van der Waals surface area (Å²) in [7, 11) is 0. The number of aromatic nitrogens is 4. The van der Waals surface area contributed by atoms with Gasteiger partial charge in [-0.25, -0.2) is 9.97 Å². The monoisotopic (exact) mass is 278 g/mol. The van der Waals surface area contributed by atoms with Crippen LogP contribution in [0.1, 0.15) is 5.82 Å². The fourth-order valence-corrected chi connectivity index (χ4v) is 2.31. The molecule has 4 nitrogen and oxygen atoms in total. The van der Waals surface area contributed by atoms with Crippen molar-refractivity contribution in [2.45, 2.75) is 6.92 Å². The number of rotatable bonds is 1. The van der Waals surface area contributed by atoms with Gasteiger partial charge in [0.25, 0.3) is 0 Å². The van der Waals surface area contributed by atoms with Crippen LogP contribution in [0.15, 0.2) is 30.3 Å². The third-order valence-electron chi connectivity index (χ3n) is 2.62. The summed E-state index contributed by atoms with van der Waals surface area (Å²) >= 11 is 11.9. The lowest BCUT2D eigenvalue weighted by atomic mass is 10.3. The van der Waals surface area contributed by atoms with Gasteiger partial charge in [0.05, 0.1) is 0 Å². The van der Waals surface area contributed by atoms with Crippen molar-refractivity contribution in [3.05, 3.63) is 46.6 Å². The number of fused-ring (bicyclic) bond motifs is 1. The van der Waals surface area contributed by atoms with Crippen LogP contribution in [0, 0.1) is 6.92 Å². The average molecular weight is 279 g/mol. The Bertz CT molecular complexity index is 722. The third-order valence-corrected chi connectivity index (χ3v) is 3.05. The lowest BCUT2D eigenvalue weighted by molar-refractivity contribution is 0.985. The van der Waals surface area contributed by atoms with Crippen LogP contribution < -0.4 is 0 Å².